The molecule has 0 unspecified atom stereocenters. The summed E-state index contributed by atoms with van der Waals surface area (Å²) in [6, 6.07) is 3.37. The Labute approximate surface area is 103 Å². The van der Waals surface area contributed by atoms with E-state index in [4.69, 9.17) is 10.2 Å². The van der Waals surface area contributed by atoms with Crippen LogP contribution in [0.2, 0.25) is 0 Å². The van der Waals surface area contributed by atoms with E-state index >= 15 is 0 Å². The van der Waals surface area contributed by atoms with E-state index in [1.807, 2.05) is 4.72 Å². The summed E-state index contributed by atoms with van der Waals surface area (Å²) < 4.78 is 44.2. The Hall–Kier alpha value is -2.09. The van der Waals surface area contributed by atoms with E-state index in [0.717, 1.165) is 6.07 Å². The van der Waals surface area contributed by atoms with Gasteiger partial charge < -0.3 is 10.2 Å². The molecule has 2 aromatic rings. The number of hydrogen-bond acceptors (Lipinski definition) is 5. The highest BCUT2D eigenvalue weighted by Gasteiger charge is 2.23. The molecule has 0 atom stereocenters. The lowest BCUT2D eigenvalue weighted by Crippen LogP contribution is -2.16. The molecule has 8 heteroatoms. The summed E-state index contributed by atoms with van der Waals surface area (Å²) in [6.07, 6.45) is 1.27. The van der Waals surface area contributed by atoms with Gasteiger partial charge in [-0.3, -0.25) is 0 Å². The highest BCUT2D eigenvalue weighted by molar-refractivity contribution is 7.92. The van der Waals surface area contributed by atoms with Crippen LogP contribution in [0.4, 0.5) is 16.1 Å². The Balaban J connectivity index is 2.43. The third-order valence-corrected chi connectivity index (χ3v) is 3.52. The van der Waals surface area contributed by atoms with E-state index < -0.39 is 20.7 Å². The van der Waals surface area contributed by atoms with Crippen LogP contribution >= 0.6 is 0 Å². The number of benzene rings is 1. The van der Waals surface area contributed by atoms with Gasteiger partial charge in [0.15, 0.2) is 0 Å². The standard InChI is InChI=1S/C10H10FN3O3S/c1-6-5-17-10(13-6)14-18(15,16)9-7(11)3-2-4-8(9)12/h2-5H,12H2,1H3,(H,13,14). The molecule has 2 rings (SSSR count). The molecule has 0 aliphatic heterocycles. The second kappa shape index (κ2) is 4.30. The largest absolute Gasteiger partial charge is 0.431 e. The van der Waals surface area contributed by atoms with E-state index in [0.29, 0.717) is 5.69 Å². The van der Waals surface area contributed by atoms with Gasteiger partial charge in [-0.2, -0.15) is 4.98 Å². The van der Waals surface area contributed by atoms with Crippen LogP contribution in [0.5, 0.6) is 0 Å². The van der Waals surface area contributed by atoms with Crippen LogP contribution in [0.3, 0.4) is 0 Å². The van der Waals surface area contributed by atoms with Crippen molar-refractivity contribution in [1.82, 2.24) is 4.98 Å². The predicted molar refractivity (Wildman–Crippen MR) is 62.9 cm³/mol. The van der Waals surface area contributed by atoms with Crippen LogP contribution < -0.4 is 10.5 Å². The summed E-state index contributed by atoms with van der Waals surface area (Å²) in [6.45, 7) is 1.62. The third kappa shape index (κ3) is 2.28. The average molecular weight is 271 g/mol. The van der Waals surface area contributed by atoms with E-state index in [2.05, 4.69) is 4.98 Å². The van der Waals surface area contributed by atoms with Gasteiger partial charge in [-0.25, -0.2) is 17.5 Å². The number of aromatic nitrogens is 1. The van der Waals surface area contributed by atoms with Crippen LogP contribution in [-0.4, -0.2) is 13.4 Å². The summed E-state index contributed by atoms with van der Waals surface area (Å²) in [4.78, 5) is 3.14. The Bertz CT molecular complexity index is 661. The number of rotatable bonds is 3. The van der Waals surface area contributed by atoms with Gasteiger partial charge in [0.2, 0.25) is 0 Å². The lowest BCUT2D eigenvalue weighted by atomic mass is 10.3. The summed E-state index contributed by atoms with van der Waals surface area (Å²) in [5, 5.41) is 0. The number of anilines is 2. The second-order valence-corrected chi connectivity index (χ2v) is 5.18. The first kappa shape index (κ1) is 12.4. The van der Waals surface area contributed by atoms with Crippen molar-refractivity contribution in [3.8, 4) is 0 Å². The molecular weight excluding hydrogens is 261 g/mol. The fraction of sp³-hybridized carbons (Fsp3) is 0.100. The SMILES string of the molecule is Cc1coc(NS(=O)(=O)c2c(N)cccc2F)n1. The molecule has 0 aliphatic carbocycles. The molecule has 0 fully saturated rings. The predicted octanol–water partition coefficient (Wildman–Crippen LogP) is 1.51. The summed E-state index contributed by atoms with van der Waals surface area (Å²) in [5.74, 6) is -0.939. The third-order valence-electron chi connectivity index (χ3n) is 2.11. The fourth-order valence-corrected chi connectivity index (χ4v) is 2.50. The molecule has 3 N–H and O–H groups in total. The molecule has 1 aromatic heterocycles. The molecule has 0 spiro atoms. The van der Waals surface area contributed by atoms with Crippen molar-refractivity contribution in [2.24, 2.45) is 0 Å². The van der Waals surface area contributed by atoms with Crippen molar-refractivity contribution >= 4 is 21.7 Å². The van der Waals surface area contributed by atoms with Crippen molar-refractivity contribution in [3.05, 3.63) is 36.0 Å². The fourth-order valence-electron chi connectivity index (χ4n) is 1.38. The van der Waals surface area contributed by atoms with E-state index in [1.165, 1.54) is 18.4 Å². The number of aryl methyl sites for hydroxylation is 1. The second-order valence-electron chi connectivity index (χ2n) is 3.56. The molecule has 0 saturated heterocycles. The maximum Gasteiger partial charge on any atom is 0.309 e. The summed E-state index contributed by atoms with van der Waals surface area (Å²) >= 11 is 0. The van der Waals surface area contributed by atoms with Crippen LogP contribution in [0, 0.1) is 12.7 Å². The van der Waals surface area contributed by atoms with Crippen LogP contribution in [0.25, 0.3) is 0 Å². The molecule has 0 aliphatic rings. The first-order valence-electron chi connectivity index (χ1n) is 4.89. The van der Waals surface area contributed by atoms with E-state index in [9.17, 15) is 12.8 Å². The van der Waals surface area contributed by atoms with Crippen LogP contribution in [-0.2, 0) is 10.0 Å². The number of nitrogen functional groups attached to an aromatic ring is 1. The van der Waals surface area contributed by atoms with Gasteiger partial charge >= 0.3 is 6.01 Å². The van der Waals surface area contributed by atoms with Gasteiger partial charge in [0, 0.05) is 0 Å². The van der Waals surface area contributed by atoms with Crippen molar-refractivity contribution in [2.75, 3.05) is 10.5 Å². The lowest BCUT2D eigenvalue weighted by Gasteiger charge is -2.07. The Morgan fingerprint density at radius 1 is 1.44 bits per heavy atom. The first-order chi connectivity index (χ1) is 8.40. The van der Waals surface area contributed by atoms with Crippen LogP contribution in [0.1, 0.15) is 5.69 Å². The highest BCUT2D eigenvalue weighted by atomic mass is 32.2. The van der Waals surface area contributed by atoms with Gasteiger partial charge in [-0.15, -0.1) is 0 Å². The number of nitrogens with zero attached hydrogens (tertiary/aromatic N) is 1. The molecule has 0 radical (unpaired) electrons. The topological polar surface area (TPSA) is 98.2 Å². The zero-order valence-corrected chi connectivity index (χ0v) is 10.2. The number of nitrogens with one attached hydrogen (secondary N) is 1. The lowest BCUT2D eigenvalue weighted by molar-refractivity contribution is 0.560. The van der Waals surface area contributed by atoms with Gasteiger partial charge in [-0.05, 0) is 19.1 Å². The van der Waals surface area contributed by atoms with E-state index in [-0.39, 0.29) is 11.7 Å². The summed E-state index contributed by atoms with van der Waals surface area (Å²) in [5.41, 5.74) is 5.76. The normalized spacial score (nSPS) is 11.4. The molecule has 0 saturated carbocycles. The maximum atomic E-state index is 13.5. The first-order valence-corrected chi connectivity index (χ1v) is 6.37. The zero-order valence-electron chi connectivity index (χ0n) is 9.34. The number of halogens is 1. The van der Waals surface area contributed by atoms with Crippen molar-refractivity contribution in [3.63, 3.8) is 0 Å². The monoisotopic (exact) mass is 271 g/mol. The zero-order chi connectivity index (χ0) is 13.3. The van der Waals surface area contributed by atoms with Crippen molar-refractivity contribution in [2.45, 2.75) is 11.8 Å². The molecule has 1 aromatic carbocycles. The van der Waals surface area contributed by atoms with E-state index in [1.54, 1.807) is 6.92 Å². The number of nitrogens with two attached hydrogens (primary N) is 1. The molecule has 18 heavy (non-hydrogen) atoms. The maximum absolute atomic E-state index is 13.5. The van der Waals surface area contributed by atoms with Gasteiger partial charge in [0.05, 0.1) is 11.4 Å². The Morgan fingerprint density at radius 2 is 2.17 bits per heavy atom. The smallest absolute Gasteiger partial charge is 0.309 e. The van der Waals surface area contributed by atoms with Gasteiger partial charge in [0.1, 0.15) is 17.0 Å². The number of oxazole rings is 1. The molecule has 6 nitrogen and oxygen atoms in total. The van der Waals surface area contributed by atoms with Crippen molar-refractivity contribution < 1.29 is 17.2 Å². The molecule has 96 valence electrons. The molecule has 1 heterocycles. The van der Waals surface area contributed by atoms with Gasteiger partial charge in [0.25, 0.3) is 10.0 Å². The number of hydrogen-bond donors (Lipinski definition) is 2. The molecule has 0 amide bonds. The Kier molecular flexibility index (Phi) is 2.95. The minimum atomic E-state index is -4.17. The molecular formula is C10H10FN3O3S. The highest BCUT2D eigenvalue weighted by Crippen LogP contribution is 2.23. The van der Waals surface area contributed by atoms with Gasteiger partial charge in [-0.1, -0.05) is 6.07 Å². The quantitative estimate of drug-likeness (QED) is 0.824. The molecule has 0 bridgehead atoms. The minimum absolute atomic E-state index is 0.189. The van der Waals surface area contributed by atoms with Crippen LogP contribution in [0.15, 0.2) is 33.8 Å². The van der Waals surface area contributed by atoms with Crippen molar-refractivity contribution in [1.29, 1.82) is 0 Å². The summed E-state index contributed by atoms with van der Waals surface area (Å²) in [7, 11) is -4.17. The Morgan fingerprint density at radius 3 is 2.72 bits per heavy atom. The number of sulfonamides is 1. The minimum Gasteiger partial charge on any atom is -0.431 e. The average Bonchev–Trinajstić information content (AvgIpc) is 2.62.